The van der Waals surface area contributed by atoms with E-state index in [4.69, 9.17) is 5.73 Å². The number of rotatable bonds is 6. The van der Waals surface area contributed by atoms with Crippen LogP contribution in [0.5, 0.6) is 0 Å². The number of pyridine rings is 1. The standard InChI is InChI=1S/C16H20F2N6O2/c17-12(18)7-22-16(26)9-2-1-5-24(8-9)23-13-10-3-4-20-15(10)21-6-11(13)14(19)25/h3-4,6,9,12H,1-2,5,7-8H2,(H2,19,25)(H,22,26)(H2,20,21,23)/t9-/m1/s1. The van der Waals surface area contributed by atoms with Crippen molar-refractivity contribution in [2.45, 2.75) is 19.3 Å². The second kappa shape index (κ2) is 7.65. The Balaban J connectivity index is 1.75. The lowest BCUT2D eigenvalue weighted by atomic mass is 9.98. The molecule has 3 rings (SSSR count). The third-order valence-corrected chi connectivity index (χ3v) is 4.34. The molecule has 1 aliphatic heterocycles. The van der Waals surface area contributed by atoms with Gasteiger partial charge in [-0.2, -0.15) is 0 Å². The minimum atomic E-state index is -2.58. The van der Waals surface area contributed by atoms with Crippen molar-refractivity contribution in [3.05, 3.63) is 24.0 Å². The maximum Gasteiger partial charge on any atom is 0.255 e. The predicted octanol–water partition coefficient (Wildman–Crippen LogP) is 1.08. The highest BCUT2D eigenvalue weighted by molar-refractivity contribution is 6.05. The third kappa shape index (κ3) is 3.90. The second-order valence-corrected chi connectivity index (χ2v) is 6.18. The molecule has 2 amide bonds. The van der Waals surface area contributed by atoms with Gasteiger partial charge in [-0.05, 0) is 18.9 Å². The summed E-state index contributed by atoms with van der Waals surface area (Å²) in [4.78, 5) is 30.9. The van der Waals surface area contributed by atoms with E-state index in [2.05, 4.69) is 20.7 Å². The van der Waals surface area contributed by atoms with E-state index in [-0.39, 0.29) is 5.56 Å². The van der Waals surface area contributed by atoms with Crippen molar-refractivity contribution >= 4 is 28.5 Å². The Labute approximate surface area is 148 Å². The van der Waals surface area contributed by atoms with Gasteiger partial charge in [0.25, 0.3) is 12.3 Å². The van der Waals surface area contributed by atoms with Crippen molar-refractivity contribution in [3.8, 4) is 0 Å². The number of carbonyl (C=O) groups excluding carboxylic acids is 2. The van der Waals surface area contributed by atoms with Crippen molar-refractivity contribution in [2.24, 2.45) is 11.7 Å². The van der Waals surface area contributed by atoms with Gasteiger partial charge in [0.05, 0.1) is 23.7 Å². The second-order valence-electron chi connectivity index (χ2n) is 6.18. The zero-order valence-corrected chi connectivity index (χ0v) is 14.0. The maximum atomic E-state index is 12.3. The van der Waals surface area contributed by atoms with Crippen LogP contribution in [0.2, 0.25) is 0 Å². The van der Waals surface area contributed by atoms with Crippen LogP contribution in [0, 0.1) is 5.92 Å². The number of nitrogens with two attached hydrogens (primary N) is 1. The number of nitrogens with one attached hydrogen (secondary N) is 3. The van der Waals surface area contributed by atoms with Crippen LogP contribution in [-0.4, -0.2) is 52.9 Å². The number of aromatic amines is 1. The molecule has 0 spiro atoms. The van der Waals surface area contributed by atoms with Crippen LogP contribution in [0.1, 0.15) is 23.2 Å². The molecule has 10 heteroatoms. The summed E-state index contributed by atoms with van der Waals surface area (Å²) in [5.74, 6) is -1.42. The summed E-state index contributed by atoms with van der Waals surface area (Å²) < 4.78 is 24.5. The van der Waals surface area contributed by atoms with Gasteiger partial charge in [-0.15, -0.1) is 0 Å². The average Bonchev–Trinajstić information content (AvgIpc) is 3.09. The Morgan fingerprint density at radius 2 is 2.27 bits per heavy atom. The number of aromatic nitrogens is 2. The number of halogens is 2. The molecule has 1 atom stereocenters. The number of anilines is 1. The molecule has 0 aliphatic carbocycles. The van der Waals surface area contributed by atoms with E-state index in [9.17, 15) is 18.4 Å². The summed E-state index contributed by atoms with van der Waals surface area (Å²) in [5.41, 5.74) is 9.94. The smallest absolute Gasteiger partial charge is 0.255 e. The van der Waals surface area contributed by atoms with Crippen molar-refractivity contribution < 1.29 is 18.4 Å². The summed E-state index contributed by atoms with van der Waals surface area (Å²) in [6.45, 7) is 0.329. The summed E-state index contributed by atoms with van der Waals surface area (Å²) in [6.07, 6.45) is 1.84. The van der Waals surface area contributed by atoms with E-state index < -0.39 is 30.7 Å². The largest absolute Gasteiger partial charge is 0.365 e. The number of H-pyrrole nitrogens is 1. The van der Waals surface area contributed by atoms with Gasteiger partial charge < -0.3 is 21.5 Å². The van der Waals surface area contributed by atoms with Gasteiger partial charge in [-0.3, -0.25) is 9.59 Å². The highest BCUT2D eigenvalue weighted by Crippen LogP contribution is 2.27. The molecule has 2 aromatic heterocycles. The minimum absolute atomic E-state index is 0.237. The Kier molecular flexibility index (Phi) is 5.31. The molecule has 26 heavy (non-hydrogen) atoms. The van der Waals surface area contributed by atoms with Crippen molar-refractivity contribution in [1.29, 1.82) is 0 Å². The molecule has 1 saturated heterocycles. The first kappa shape index (κ1) is 18.1. The van der Waals surface area contributed by atoms with Crippen molar-refractivity contribution in [1.82, 2.24) is 20.3 Å². The maximum absolute atomic E-state index is 12.3. The number of nitrogens with zero attached hydrogens (tertiary/aromatic N) is 2. The van der Waals surface area contributed by atoms with Crippen LogP contribution in [-0.2, 0) is 4.79 Å². The molecule has 0 unspecified atom stereocenters. The number of alkyl halides is 2. The molecule has 0 radical (unpaired) electrons. The fraction of sp³-hybridized carbons (Fsp3) is 0.438. The van der Waals surface area contributed by atoms with Crippen LogP contribution < -0.4 is 16.5 Å². The Morgan fingerprint density at radius 3 is 3.00 bits per heavy atom. The van der Waals surface area contributed by atoms with Gasteiger partial charge in [-0.1, -0.05) is 0 Å². The first-order chi connectivity index (χ1) is 12.5. The number of fused-ring (bicyclic) bond motifs is 1. The normalized spacial score (nSPS) is 18.2. The molecular weight excluding hydrogens is 346 g/mol. The average molecular weight is 366 g/mol. The van der Waals surface area contributed by atoms with E-state index in [1.165, 1.54) is 6.20 Å². The predicted molar refractivity (Wildman–Crippen MR) is 91.5 cm³/mol. The molecule has 3 heterocycles. The van der Waals surface area contributed by atoms with Gasteiger partial charge in [0.1, 0.15) is 5.65 Å². The van der Waals surface area contributed by atoms with E-state index in [0.29, 0.717) is 42.7 Å². The summed E-state index contributed by atoms with van der Waals surface area (Å²) in [5, 5.41) is 4.75. The molecule has 2 aromatic rings. The summed E-state index contributed by atoms with van der Waals surface area (Å²) in [6, 6.07) is 1.77. The number of hydrogen-bond acceptors (Lipinski definition) is 5. The molecule has 1 aliphatic rings. The zero-order valence-electron chi connectivity index (χ0n) is 14.0. The van der Waals surface area contributed by atoms with Crippen LogP contribution >= 0.6 is 0 Å². The van der Waals surface area contributed by atoms with Crippen molar-refractivity contribution in [3.63, 3.8) is 0 Å². The van der Waals surface area contributed by atoms with Crippen molar-refractivity contribution in [2.75, 3.05) is 25.1 Å². The fourth-order valence-electron chi connectivity index (χ4n) is 3.09. The van der Waals surface area contributed by atoms with E-state index in [1.54, 1.807) is 17.3 Å². The molecule has 140 valence electrons. The van der Waals surface area contributed by atoms with Crippen LogP contribution in [0.4, 0.5) is 14.5 Å². The molecule has 0 bridgehead atoms. The lowest BCUT2D eigenvalue weighted by Crippen LogP contribution is -2.46. The number of piperidine rings is 1. The molecule has 5 N–H and O–H groups in total. The van der Waals surface area contributed by atoms with Gasteiger partial charge in [0.15, 0.2) is 0 Å². The first-order valence-corrected chi connectivity index (χ1v) is 8.29. The topological polar surface area (TPSA) is 116 Å². The molecular formula is C16H20F2N6O2. The molecule has 0 aromatic carbocycles. The number of amides is 2. The molecule has 1 fully saturated rings. The van der Waals surface area contributed by atoms with Crippen LogP contribution in [0.25, 0.3) is 11.0 Å². The van der Waals surface area contributed by atoms with E-state index in [1.807, 2.05) is 0 Å². The highest BCUT2D eigenvalue weighted by Gasteiger charge is 2.27. The Bertz CT molecular complexity index is 809. The van der Waals surface area contributed by atoms with Gasteiger partial charge in [-0.25, -0.2) is 18.8 Å². The Morgan fingerprint density at radius 1 is 1.46 bits per heavy atom. The highest BCUT2D eigenvalue weighted by atomic mass is 19.3. The Hall–Kier alpha value is -2.75. The molecule has 0 saturated carbocycles. The van der Waals surface area contributed by atoms with E-state index in [0.717, 1.165) is 0 Å². The quantitative estimate of drug-likeness (QED) is 0.611. The van der Waals surface area contributed by atoms with Crippen LogP contribution in [0.3, 0.4) is 0 Å². The SMILES string of the molecule is NC(=O)c1cnc2[nH]ccc2c1NN1CCC[C@@H](C(=O)NCC(F)F)C1. The van der Waals surface area contributed by atoms with Gasteiger partial charge in [0, 0.05) is 30.9 Å². The number of hydrogen-bond donors (Lipinski definition) is 4. The third-order valence-electron chi connectivity index (χ3n) is 4.34. The van der Waals surface area contributed by atoms with Gasteiger partial charge >= 0.3 is 0 Å². The first-order valence-electron chi connectivity index (χ1n) is 8.29. The number of hydrazine groups is 1. The molecule has 8 nitrogen and oxygen atoms in total. The summed E-state index contributed by atoms with van der Waals surface area (Å²) in [7, 11) is 0. The lowest BCUT2D eigenvalue weighted by Gasteiger charge is -2.33. The number of primary amides is 1. The van der Waals surface area contributed by atoms with Crippen LogP contribution in [0.15, 0.2) is 18.5 Å². The van der Waals surface area contributed by atoms with Gasteiger partial charge in [0.2, 0.25) is 5.91 Å². The number of carbonyl (C=O) groups is 2. The lowest BCUT2D eigenvalue weighted by molar-refractivity contribution is -0.127. The minimum Gasteiger partial charge on any atom is -0.365 e. The van der Waals surface area contributed by atoms with E-state index >= 15 is 0 Å². The zero-order chi connectivity index (χ0) is 18.7. The summed E-state index contributed by atoms with van der Waals surface area (Å²) >= 11 is 0. The fourth-order valence-corrected chi connectivity index (χ4v) is 3.09. The monoisotopic (exact) mass is 366 g/mol.